The molecule has 4 heteroatoms. The van der Waals surface area contributed by atoms with E-state index < -0.39 is 0 Å². The van der Waals surface area contributed by atoms with Gasteiger partial charge < -0.3 is 5.73 Å². The van der Waals surface area contributed by atoms with Gasteiger partial charge in [-0.2, -0.15) is 0 Å². The van der Waals surface area contributed by atoms with E-state index >= 15 is 0 Å². The highest BCUT2D eigenvalue weighted by Gasteiger charge is 2.13. The number of hydrogen-bond donors (Lipinski definition) is 1. The van der Waals surface area contributed by atoms with Crippen LogP contribution in [0.3, 0.4) is 0 Å². The predicted octanol–water partition coefficient (Wildman–Crippen LogP) is 3.35. The van der Waals surface area contributed by atoms with Crippen molar-refractivity contribution in [1.82, 2.24) is 9.97 Å². The Morgan fingerprint density at radius 2 is 1.76 bits per heavy atom. The molecule has 3 nitrogen and oxygen atoms in total. The normalized spacial score (nSPS) is 12.5. The number of nitrogens with two attached hydrogens (primary N) is 1. The van der Waals surface area contributed by atoms with E-state index in [4.69, 9.17) is 5.73 Å². The predicted molar refractivity (Wildman–Crippen MR) is 83.6 cm³/mol. The summed E-state index contributed by atoms with van der Waals surface area (Å²) in [5.74, 6) is 0.850. The van der Waals surface area contributed by atoms with Crippen molar-refractivity contribution in [2.24, 2.45) is 11.7 Å². The Labute approximate surface area is 125 Å². The zero-order chi connectivity index (χ0) is 15.6. The molecule has 2 N–H and O–H groups in total. The minimum atomic E-state index is -0.208. The van der Waals surface area contributed by atoms with Crippen LogP contribution in [0.15, 0.2) is 18.2 Å². The van der Waals surface area contributed by atoms with Crippen LogP contribution in [0.1, 0.15) is 29.4 Å². The van der Waals surface area contributed by atoms with Crippen molar-refractivity contribution in [2.45, 2.75) is 34.1 Å². The molecule has 0 aliphatic heterocycles. The molecular formula is C17H22FN3. The number of aromatic nitrogens is 2. The maximum atomic E-state index is 13.4. The molecule has 0 saturated heterocycles. The van der Waals surface area contributed by atoms with Gasteiger partial charge in [0, 0.05) is 17.0 Å². The number of hydrogen-bond acceptors (Lipinski definition) is 3. The van der Waals surface area contributed by atoms with Gasteiger partial charge in [-0.25, -0.2) is 14.4 Å². The summed E-state index contributed by atoms with van der Waals surface area (Å²) >= 11 is 0. The number of nitrogens with zero attached hydrogens (tertiary/aromatic N) is 2. The van der Waals surface area contributed by atoms with Crippen LogP contribution in [-0.4, -0.2) is 16.5 Å². The monoisotopic (exact) mass is 287 g/mol. The van der Waals surface area contributed by atoms with E-state index in [1.807, 2.05) is 13.8 Å². The molecule has 0 spiro atoms. The van der Waals surface area contributed by atoms with Crippen molar-refractivity contribution in [3.63, 3.8) is 0 Å². The molecule has 0 aliphatic rings. The molecule has 1 unspecified atom stereocenters. The number of rotatable bonds is 4. The molecule has 0 saturated carbocycles. The Morgan fingerprint density at radius 3 is 2.29 bits per heavy atom. The second-order valence-corrected chi connectivity index (χ2v) is 5.71. The quantitative estimate of drug-likeness (QED) is 0.938. The molecule has 0 fully saturated rings. The zero-order valence-corrected chi connectivity index (χ0v) is 13.1. The van der Waals surface area contributed by atoms with E-state index in [1.165, 1.54) is 6.07 Å². The second kappa shape index (κ2) is 6.31. The molecule has 1 aromatic heterocycles. The van der Waals surface area contributed by atoms with Gasteiger partial charge in [0.1, 0.15) is 5.82 Å². The first-order chi connectivity index (χ1) is 9.92. The molecule has 0 aliphatic carbocycles. The highest BCUT2D eigenvalue weighted by molar-refractivity contribution is 5.57. The van der Waals surface area contributed by atoms with Crippen molar-refractivity contribution in [2.75, 3.05) is 6.54 Å². The van der Waals surface area contributed by atoms with Crippen LogP contribution < -0.4 is 5.73 Å². The van der Waals surface area contributed by atoms with Gasteiger partial charge in [-0.1, -0.05) is 6.92 Å². The fraction of sp³-hybridized carbons (Fsp3) is 0.412. The highest BCUT2D eigenvalue weighted by Crippen LogP contribution is 2.22. The van der Waals surface area contributed by atoms with Crippen LogP contribution in [0.2, 0.25) is 0 Å². The Bertz CT molecular complexity index is 629. The van der Waals surface area contributed by atoms with Crippen LogP contribution in [0, 0.1) is 32.5 Å². The zero-order valence-electron chi connectivity index (χ0n) is 13.1. The second-order valence-electron chi connectivity index (χ2n) is 5.71. The first kappa shape index (κ1) is 15.6. The van der Waals surface area contributed by atoms with E-state index in [0.717, 1.165) is 28.9 Å². The largest absolute Gasteiger partial charge is 0.330 e. The van der Waals surface area contributed by atoms with E-state index in [2.05, 4.69) is 16.9 Å². The molecule has 1 aromatic carbocycles. The summed E-state index contributed by atoms with van der Waals surface area (Å²) in [6.45, 7) is 8.50. The van der Waals surface area contributed by atoms with Gasteiger partial charge in [-0.05, 0) is 69.0 Å². The van der Waals surface area contributed by atoms with Crippen molar-refractivity contribution < 1.29 is 4.39 Å². The minimum absolute atomic E-state index is 0.208. The summed E-state index contributed by atoms with van der Waals surface area (Å²) in [7, 11) is 0. The standard InChI is InChI=1S/C17H22FN3/c1-10(9-19)7-15-12(3)20-17(21-13(15)4)14-5-6-16(18)11(2)8-14/h5-6,8,10H,7,9,19H2,1-4H3. The van der Waals surface area contributed by atoms with Crippen LogP contribution in [0.25, 0.3) is 11.4 Å². The van der Waals surface area contributed by atoms with Crippen LogP contribution in [0.5, 0.6) is 0 Å². The van der Waals surface area contributed by atoms with Gasteiger partial charge in [0.15, 0.2) is 5.82 Å². The lowest BCUT2D eigenvalue weighted by molar-refractivity contribution is 0.586. The van der Waals surface area contributed by atoms with Crippen LogP contribution in [0.4, 0.5) is 4.39 Å². The number of benzene rings is 1. The van der Waals surface area contributed by atoms with E-state index in [1.54, 1.807) is 19.1 Å². The van der Waals surface area contributed by atoms with Gasteiger partial charge in [-0.3, -0.25) is 0 Å². The van der Waals surface area contributed by atoms with Gasteiger partial charge >= 0.3 is 0 Å². The van der Waals surface area contributed by atoms with E-state index in [9.17, 15) is 4.39 Å². The lowest BCUT2D eigenvalue weighted by Crippen LogP contribution is -2.15. The molecule has 21 heavy (non-hydrogen) atoms. The van der Waals surface area contributed by atoms with Crippen LogP contribution in [-0.2, 0) is 6.42 Å². The lowest BCUT2D eigenvalue weighted by Gasteiger charge is -2.14. The Hall–Kier alpha value is -1.81. The van der Waals surface area contributed by atoms with Gasteiger partial charge in [-0.15, -0.1) is 0 Å². The summed E-state index contributed by atoms with van der Waals surface area (Å²) in [6, 6.07) is 4.97. The third-order valence-electron chi connectivity index (χ3n) is 3.79. The highest BCUT2D eigenvalue weighted by atomic mass is 19.1. The topological polar surface area (TPSA) is 51.8 Å². The number of halogens is 1. The van der Waals surface area contributed by atoms with Crippen LogP contribution >= 0.6 is 0 Å². The summed E-state index contributed by atoms with van der Waals surface area (Å²) in [5.41, 5.74) is 10.3. The summed E-state index contributed by atoms with van der Waals surface area (Å²) < 4.78 is 13.4. The molecule has 0 amide bonds. The average molecular weight is 287 g/mol. The molecular weight excluding hydrogens is 265 g/mol. The first-order valence-electron chi connectivity index (χ1n) is 7.23. The molecule has 112 valence electrons. The van der Waals surface area contributed by atoms with Gasteiger partial charge in [0.05, 0.1) is 0 Å². The van der Waals surface area contributed by atoms with E-state index in [0.29, 0.717) is 23.9 Å². The number of aryl methyl sites for hydroxylation is 3. The third kappa shape index (κ3) is 3.45. The van der Waals surface area contributed by atoms with Crippen molar-refractivity contribution in [3.05, 3.63) is 46.5 Å². The Kier molecular flexibility index (Phi) is 4.68. The van der Waals surface area contributed by atoms with Crippen molar-refractivity contribution in [1.29, 1.82) is 0 Å². The van der Waals surface area contributed by atoms with Gasteiger partial charge in [0.2, 0.25) is 0 Å². The fourth-order valence-corrected chi connectivity index (χ4v) is 2.38. The molecule has 1 heterocycles. The summed E-state index contributed by atoms with van der Waals surface area (Å²) in [6.07, 6.45) is 0.886. The van der Waals surface area contributed by atoms with E-state index in [-0.39, 0.29) is 5.82 Å². The molecule has 0 bridgehead atoms. The average Bonchev–Trinajstić information content (AvgIpc) is 2.45. The summed E-state index contributed by atoms with van der Waals surface area (Å²) in [5, 5.41) is 0. The van der Waals surface area contributed by atoms with Gasteiger partial charge in [0.25, 0.3) is 0 Å². The maximum Gasteiger partial charge on any atom is 0.159 e. The molecule has 2 rings (SSSR count). The smallest absolute Gasteiger partial charge is 0.159 e. The maximum absolute atomic E-state index is 13.4. The SMILES string of the molecule is Cc1cc(-c2nc(C)c(CC(C)CN)c(C)n2)ccc1F. The first-order valence-corrected chi connectivity index (χ1v) is 7.23. The van der Waals surface area contributed by atoms with Crippen molar-refractivity contribution >= 4 is 0 Å². The Balaban J connectivity index is 2.41. The molecule has 0 radical (unpaired) electrons. The lowest BCUT2D eigenvalue weighted by atomic mass is 9.98. The Morgan fingerprint density at radius 1 is 1.14 bits per heavy atom. The van der Waals surface area contributed by atoms with Crippen molar-refractivity contribution in [3.8, 4) is 11.4 Å². The molecule has 1 atom stereocenters. The fourth-order valence-electron chi connectivity index (χ4n) is 2.38. The summed E-state index contributed by atoms with van der Waals surface area (Å²) in [4.78, 5) is 9.18. The third-order valence-corrected chi connectivity index (χ3v) is 3.79. The minimum Gasteiger partial charge on any atom is -0.330 e. The molecule has 2 aromatic rings.